The number of nitrogens with zero attached hydrogens (tertiary/aromatic N) is 2. The number of urea groups is 1. The third kappa shape index (κ3) is 7.24. The number of ketones is 1. The number of rotatable bonds is 6. The van der Waals surface area contributed by atoms with Crippen LogP contribution in [0.5, 0.6) is 0 Å². The molecule has 1 unspecified atom stereocenters. The molecular formula is C25H30N4O4. The molecule has 2 heterocycles. The van der Waals surface area contributed by atoms with E-state index in [2.05, 4.69) is 15.6 Å². The van der Waals surface area contributed by atoms with Gasteiger partial charge in [0.05, 0.1) is 24.7 Å². The second-order valence-corrected chi connectivity index (χ2v) is 8.69. The Hall–Kier alpha value is -3.55. The predicted octanol–water partition coefficient (Wildman–Crippen LogP) is 2.72. The average Bonchev–Trinajstić information content (AvgIpc) is 2.95. The molecule has 174 valence electrons. The SMILES string of the molecule is CC(C)CC(=O)NC(=O)NC1CCCN(C(=O)Cc2cccc(-c3ccccn3)c2)CC1=O. The Labute approximate surface area is 193 Å². The van der Waals surface area contributed by atoms with Gasteiger partial charge in [-0.2, -0.15) is 0 Å². The van der Waals surface area contributed by atoms with Crippen molar-refractivity contribution in [1.29, 1.82) is 0 Å². The second-order valence-electron chi connectivity index (χ2n) is 8.69. The smallest absolute Gasteiger partial charge is 0.322 e. The average molecular weight is 451 g/mol. The summed E-state index contributed by atoms with van der Waals surface area (Å²) in [6.45, 7) is 4.14. The minimum absolute atomic E-state index is 0.0658. The van der Waals surface area contributed by atoms with Crippen molar-refractivity contribution in [3.8, 4) is 11.3 Å². The van der Waals surface area contributed by atoms with Crippen LogP contribution in [0.15, 0.2) is 48.7 Å². The summed E-state index contributed by atoms with van der Waals surface area (Å²) in [6, 6.07) is 11.9. The predicted molar refractivity (Wildman–Crippen MR) is 124 cm³/mol. The summed E-state index contributed by atoms with van der Waals surface area (Å²) in [4.78, 5) is 55.3. The Balaban J connectivity index is 1.56. The number of aromatic nitrogens is 1. The van der Waals surface area contributed by atoms with Crippen LogP contribution in [0.3, 0.4) is 0 Å². The number of pyridine rings is 1. The fraction of sp³-hybridized carbons (Fsp3) is 0.400. The van der Waals surface area contributed by atoms with Crippen LogP contribution in [0, 0.1) is 5.92 Å². The van der Waals surface area contributed by atoms with Crippen molar-refractivity contribution in [3.63, 3.8) is 0 Å². The molecule has 3 rings (SSSR count). The van der Waals surface area contributed by atoms with Gasteiger partial charge < -0.3 is 10.2 Å². The van der Waals surface area contributed by atoms with Crippen molar-refractivity contribution in [3.05, 3.63) is 54.2 Å². The van der Waals surface area contributed by atoms with E-state index in [9.17, 15) is 19.2 Å². The normalized spacial score (nSPS) is 16.3. The van der Waals surface area contributed by atoms with E-state index in [-0.39, 0.29) is 42.9 Å². The molecule has 8 nitrogen and oxygen atoms in total. The van der Waals surface area contributed by atoms with Gasteiger partial charge in [0.15, 0.2) is 5.78 Å². The first-order valence-electron chi connectivity index (χ1n) is 11.2. The number of likely N-dealkylation sites (tertiary alicyclic amines) is 1. The third-order valence-corrected chi connectivity index (χ3v) is 5.40. The zero-order valence-corrected chi connectivity index (χ0v) is 19.0. The summed E-state index contributed by atoms with van der Waals surface area (Å²) in [5, 5.41) is 4.84. The second kappa shape index (κ2) is 11.4. The van der Waals surface area contributed by atoms with E-state index in [0.29, 0.717) is 19.4 Å². The van der Waals surface area contributed by atoms with Gasteiger partial charge in [0.2, 0.25) is 11.8 Å². The molecule has 1 aliphatic heterocycles. The topological polar surface area (TPSA) is 108 Å². The third-order valence-electron chi connectivity index (χ3n) is 5.40. The molecule has 2 aromatic rings. The van der Waals surface area contributed by atoms with Crippen LogP contribution >= 0.6 is 0 Å². The van der Waals surface area contributed by atoms with E-state index in [0.717, 1.165) is 16.8 Å². The maximum atomic E-state index is 12.9. The minimum Gasteiger partial charge on any atom is -0.335 e. The number of carbonyl (C=O) groups excluding carboxylic acids is 4. The number of hydrogen-bond donors (Lipinski definition) is 2. The molecule has 1 aromatic heterocycles. The quantitative estimate of drug-likeness (QED) is 0.704. The van der Waals surface area contributed by atoms with Crippen LogP contribution in [-0.4, -0.2) is 52.6 Å². The van der Waals surface area contributed by atoms with E-state index < -0.39 is 12.1 Å². The van der Waals surface area contributed by atoms with Gasteiger partial charge in [0.25, 0.3) is 0 Å². The van der Waals surface area contributed by atoms with Gasteiger partial charge in [-0.15, -0.1) is 0 Å². The summed E-state index contributed by atoms with van der Waals surface area (Å²) in [7, 11) is 0. The van der Waals surface area contributed by atoms with Crippen LogP contribution in [0.2, 0.25) is 0 Å². The number of hydrogen-bond acceptors (Lipinski definition) is 5. The zero-order chi connectivity index (χ0) is 23.8. The monoisotopic (exact) mass is 450 g/mol. The highest BCUT2D eigenvalue weighted by molar-refractivity contribution is 5.98. The minimum atomic E-state index is -0.720. The molecule has 0 spiro atoms. The van der Waals surface area contributed by atoms with Gasteiger partial charge in [0.1, 0.15) is 0 Å². The first-order valence-corrected chi connectivity index (χ1v) is 11.2. The van der Waals surface area contributed by atoms with E-state index in [4.69, 9.17) is 0 Å². The summed E-state index contributed by atoms with van der Waals surface area (Å²) in [5.41, 5.74) is 2.60. The molecule has 1 aromatic carbocycles. The van der Waals surface area contributed by atoms with E-state index in [1.807, 2.05) is 56.3 Å². The van der Waals surface area contributed by atoms with E-state index >= 15 is 0 Å². The summed E-state index contributed by atoms with van der Waals surface area (Å²) >= 11 is 0. The highest BCUT2D eigenvalue weighted by atomic mass is 16.2. The van der Waals surface area contributed by atoms with Crippen LogP contribution < -0.4 is 10.6 Å². The van der Waals surface area contributed by atoms with Crippen molar-refractivity contribution in [2.75, 3.05) is 13.1 Å². The van der Waals surface area contributed by atoms with Gasteiger partial charge >= 0.3 is 6.03 Å². The molecule has 1 saturated heterocycles. The van der Waals surface area contributed by atoms with Crippen LogP contribution in [0.25, 0.3) is 11.3 Å². The molecule has 0 saturated carbocycles. The Bertz CT molecular complexity index is 1010. The highest BCUT2D eigenvalue weighted by Gasteiger charge is 2.28. The largest absolute Gasteiger partial charge is 0.335 e. The molecule has 1 fully saturated rings. The van der Waals surface area contributed by atoms with Crippen molar-refractivity contribution in [2.45, 2.75) is 45.6 Å². The lowest BCUT2D eigenvalue weighted by atomic mass is 10.0. The number of amides is 4. The van der Waals surface area contributed by atoms with Crippen LogP contribution in [0.1, 0.15) is 38.7 Å². The van der Waals surface area contributed by atoms with Crippen molar-refractivity contribution >= 4 is 23.6 Å². The Morgan fingerprint density at radius 2 is 1.97 bits per heavy atom. The summed E-state index contributed by atoms with van der Waals surface area (Å²) in [6.07, 6.45) is 3.13. The summed E-state index contributed by atoms with van der Waals surface area (Å²) in [5.74, 6) is -0.636. The number of nitrogens with one attached hydrogen (secondary N) is 2. The van der Waals surface area contributed by atoms with Gasteiger partial charge in [-0.05, 0) is 42.5 Å². The standard InChI is InChI=1S/C25H30N4O4/c1-17(2)13-23(31)28-25(33)27-21-10-6-12-29(16-22(21)30)24(32)15-18-7-5-8-19(14-18)20-9-3-4-11-26-20/h3-5,7-9,11,14,17,21H,6,10,12-13,15-16H2,1-2H3,(H2,27,28,31,33). The van der Waals surface area contributed by atoms with Crippen LogP contribution in [0.4, 0.5) is 4.79 Å². The van der Waals surface area contributed by atoms with E-state index in [1.54, 1.807) is 11.1 Å². The number of carbonyl (C=O) groups is 4. The fourth-order valence-corrected chi connectivity index (χ4v) is 3.79. The molecule has 4 amide bonds. The molecule has 1 aliphatic rings. The molecule has 0 radical (unpaired) electrons. The molecule has 8 heteroatoms. The van der Waals surface area contributed by atoms with Crippen molar-refractivity contribution < 1.29 is 19.2 Å². The maximum Gasteiger partial charge on any atom is 0.322 e. The lowest BCUT2D eigenvalue weighted by Crippen LogP contribution is -2.49. The molecule has 1 atom stereocenters. The fourth-order valence-electron chi connectivity index (χ4n) is 3.79. The Morgan fingerprint density at radius 1 is 1.15 bits per heavy atom. The molecule has 33 heavy (non-hydrogen) atoms. The van der Waals surface area contributed by atoms with Crippen molar-refractivity contribution in [2.24, 2.45) is 5.92 Å². The maximum absolute atomic E-state index is 12.9. The molecule has 0 aliphatic carbocycles. The Kier molecular flexibility index (Phi) is 8.29. The van der Waals surface area contributed by atoms with Gasteiger partial charge in [-0.3, -0.25) is 24.7 Å². The van der Waals surface area contributed by atoms with Gasteiger partial charge in [0, 0.05) is 24.7 Å². The lowest BCUT2D eigenvalue weighted by molar-refractivity contribution is -0.134. The summed E-state index contributed by atoms with van der Waals surface area (Å²) < 4.78 is 0. The molecule has 2 N–H and O–H groups in total. The zero-order valence-electron chi connectivity index (χ0n) is 19.0. The van der Waals surface area contributed by atoms with Gasteiger partial charge in [-0.1, -0.05) is 38.1 Å². The lowest BCUT2D eigenvalue weighted by Gasteiger charge is -2.20. The van der Waals surface area contributed by atoms with Crippen LogP contribution in [-0.2, 0) is 20.8 Å². The number of imide groups is 1. The molecular weight excluding hydrogens is 420 g/mol. The Morgan fingerprint density at radius 3 is 2.70 bits per heavy atom. The first-order chi connectivity index (χ1) is 15.8. The highest BCUT2D eigenvalue weighted by Crippen LogP contribution is 2.19. The number of Topliss-reactive ketones (excluding diaryl/α,β-unsaturated/α-hetero) is 1. The molecule has 0 bridgehead atoms. The van der Waals surface area contributed by atoms with Gasteiger partial charge in [-0.25, -0.2) is 4.79 Å². The van der Waals surface area contributed by atoms with Crippen molar-refractivity contribution in [1.82, 2.24) is 20.5 Å². The number of benzene rings is 1. The first kappa shape index (κ1) is 24.1. The van der Waals surface area contributed by atoms with E-state index in [1.165, 1.54) is 0 Å².